The topological polar surface area (TPSA) is 0 Å². The van der Waals surface area contributed by atoms with Crippen molar-refractivity contribution < 1.29 is 0 Å². The predicted octanol–water partition coefficient (Wildman–Crippen LogP) is 1.64. The van der Waals surface area contributed by atoms with Gasteiger partial charge in [-0.3, -0.25) is 0 Å². The summed E-state index contributed by atoms with van der Waals surface area (Å²) in [6, 6.07) is 0. The average Bonchev–Trinajstić information content (AvgIpc) is 2.40. The molecule has 0 fully saturated rings. The molecular weight excluding hydrogens is 188 g/mol. The number of rotatable bonds is 0. The van der Waals surface area contributed by atoms with Gasteiger partial charge in [0.25, 0.3) is 0 Å². The zero-order valence-corrected chi connectivity index (χ0v) is 9.03. The van der Waals surface area contributed by atoms with E-state index in [0.29, 0.717) is 9.12 Å². The molecule has 0 aromatic heterocycles. The highest BCUT2D eigenvalue weighted by molar-refractivity contribution is 8.10. The van der Waals surface area contributed by atoms with Gasteiger partial charge in [0.2, 0.25) is 0 Å². The van der Waals surface area contributed by atoms with E-state index in [9.17, 15) is 0 Å². The van der Waals surface area contributed by atoms with Crippen molar-refractivity contribution in [2.45, 2.75) is 9.12 Å². The molecule has 3 heterocycles. The molecule has 0 radical (unpaired) electrons. The van der Waals surface area contributed by atoms with Crippen molar-refractivity contribution in [2.75, 3.05) is 0 Å². The Balaban J connectivity index is 2.21. The van der Waals surface area contributed by atoms with Crippen LogP contribution in [0.25, 0.3) is 0 Å². The van der Waals surface area contributed by atoms with Crippen molar-refractivity contribution in [3.63, 3.8) is 0 Å². The second kappa shape index (κ2) is 1.89. The van der Waals surface area contributed by atoms with Crippen LogP contribution in [0.5, 0.6) is 0 Å². The smallest absolute Gasteiger partial charge is 0.0719 e. The van der Waals surface area contributed by atoms with Crippen molar-refractivity contribution in [1.29, 1.82) is 0 Å². The van der Waals surface area contributed by atoms with Crippen molar-refractivity contribution in [2.24, 2.45) is 0 Å². The highest BCUT2D eigenvalue weighted by Gasteiger charge is 2.54. The third kappa shape index (κ3) is 0.611. The fourth-order valence-corrected chi connectivity index (χ4v) is 8.00. The highest BCUT2D eigenvalue weighted by atomic mass is 32.2. The van der Waals surface area contributed by atoms with Crippen LogP contribution in [-0.4, -0.2) is 18.6 Å². The van der Waals surface area contributed by atoms with E-state index in [1.165, 1.54) is 0 Å². The first-order chi connectivity index (χ1) is 5.37. The first kappa shape index (κ1) is 6.63. The summed E-state index contributed by atoms with van der Waals surface area (Å²) in [7, 11) is -0.0166. The minimum atomic E-state index is -0.0166. The van der Waals surface area contributed by atoms with E-state index in [2.05, 4.69) is 34.7 Å². The van der Waals surface area contributed by atoms with E-state index in [-0.39, 0.29) is 9.52 Å². The Hall–Kier alpha value is 0.137. The molecular formula is C8H8S2Si. The lowest BCUT2D eigenvalue weighted by atomic mass is 10.1. The molecule has 0 aromatic carbocycles. The lowest BCUT2D eigenvalue weighted by molar-refractivity contribution is 0.895. The van der Waals surface area contributed by atoms with Gasteiger partial charge in [0.1, 0.15) is 0 Å². The van der Waals surface area contributed by atoms with Gasteiger partial charge >= 0.3 is 0 Å². The molecule has 0 aromatic rings. The second-order valence-corrected chi connectivity index (χ2v) is 8.06. The highest BCUT2D eigenvalue weighted by Crippen LogP contribution is 2.59. The molecule has 3 heteroatoms. The normalized spacial score (nSPS) is 52.4. The van der Waals surface area contributed by atoms with Crippen molar-refractivity contribution in [3.05, 3.63) is 34.7 Å². The van der Waals surface area contributed by atoms with Gasteiger partial charge in [-0.15, -0.1) is 29.2 Å². The number of thioether (sulfide) groups is 2. The quantitative estimate of drug-likeness (QED) is 0.540. The van der Waals surface area contributed by atoms with Gasteiger partial charge in [0.05, 0.1) is 18.6 Å². The fraction of sp³-hybridized carbons (Fsp3) is 0.250. The summed E-state index contributed by atoms with van der Waals surface area (Å²) in [6.07, 6.45) is 7.22. The minimum absolute atomic E-state index is 0.0166. The van der Waals surface area contributed by atoms with Crippen LogP contribution in [0, 0.1) is 0 Å². The number of hydrogen-bond donors (Lipinski definition) is 0. The summed E-state index contributed by atoms with van der Waals surface area (Å²) in [5.41, 5.74) is 2.45. The van der Waals surface area contributed by atoms with Crippen LogP contribution in [0.4, 0.5) is 0 Å². The number of hydrogen-bond acceptors (Lipinski definition) is 2. The summed E-state index contributed by atoms with van der Waals surface area (Å²) >= 11 is 4.01. The Bertz CT molecular complexity index is 274. The molecule has 11 heavy (non-hydrogen) atoms. The maximum Gasteiger partial charge on any atom is 0.0719 e. The molecule has 56 valence electrons. The Morgan fingerprint density at radius 1 is 1.00 bits per heavy atom. The summed E-state index contributed by atoms with van der Waals surface area (Å²) < 4.78 is 0.877. The van der Waals surface area contributed by atoms with Crippen LogP contribution in [0.15, 0.2) is 34.7 Å². The molecule has 0 nitrogen and oxygen atoms in total. The molecule has 0 aliphatic carbocycles. The van der Waals surface area contributed by atoms with Gasteiger partial charge < -0.3 is 0 Å². The monoisotopic (exact) mass is 196 g/mol. The summed E-state index contributed by atoms with van der Waals surface area (Å²) in [5, 5.41) is 4.57. The third-order valence-corrected chi connectivity index (χ3v) is 8.39. The fourth-order valence-electron chi connectivity index (χ4n) is 1.98. The maximum atomic E-state index is 2.45. The Labute approximate surface area is 77.0 Å². The van der Waals surface area contributed by atoms with Crippen LogP contribution in [0.2, 0.25) is 0 Å². The average molecular weight is 196 g/mol. The summed E-state index contributed by atoms with van der Waals surface area (Å²) in [4.78, 5) is 0. The Kier molecular flexibility index (Phi) is 1.14. The molecule has 0 N–H and O–H groups in total. The van der Waals surface area contributed by atoms with E-state index < -0.39 is 0 Å². The zero-order chi connectivity index (χ0) is 7.36. The van der Waals surface area contributed by atoms with Gasteiger partial charge in [0, 0.05) is 0 Å². The second-order valence-electron chi connectivity index (χ2n) is 3.13. The Morgan fingerprint density at radius 2 is 1.91 bits per heavy atom. The summed E-state index contributed by atoms with van der Waals surface area (Å²) in [6.45, 7) is 0. The Morgan fingerprint density at radius 3 is 2.82 bits per heavy atom. The molecule has 2 unspecified atom stereocenters. The van der Waals surface area contributed by atoms with E-state index >= 15 is 0 Å². The molecule has 0 saturated heterocycles. The first-order valence-electron chi connectivity index (χ1n) is 3.76. The van der Waals surface area contributed by atoms with E-state index in [1.807, 2.05) is 23.5 Å². The van der Waals surface area contributed by atoms with E-state index in [0.717, 1.165) is 0 Å². The molecule has 3 rings (SSSR count). The predicted molar refractivity (Wildman–Crippen MR) is 56.6 cm³/mol. The van der Waals surface area contributed by atoms with Gasteiger partial charge in [-0.1, -0.05) is 18.2 Å². The van der Waals surface area contributed by atoms with E-state index in [4.69, 9.17) is 0 Å². The van der Waals surface area contributed by atoms with Gasteiger partial charge in [-0.25, -0.2) is 0 Å². The maximum absolute atomic E-state index is 2.45. The van der Waals surface area contributed by atoms with Crippen molar-refractivity contribution in [3.8, 4) is 0 Å². The molecule has 2 atom stereocenters. The lowest BCUT2D eigenvalue weighted by Gasteiger charge is -2.30. The van der Waals surface area contributed by atoms with Gasteiger partial charge in [-0.05, 0) is 10.8 Å². The molecule has 0 bridgehead atoms. The standard InChI is InChI=1S/C8H8S2Si/c1-4-10-8-2-5-9-7(1,8)3-6-11-8/h1-6H,11H2. The van der Waals surface area contributed by atoms with Crippen molar-refractivity contribution in [1.82, 2.24) is 0 Å². The van der Waals surface area contributed by atoms with Gasteiger partial charge in [-0.2, -0.15) is 0 Å². The van der Waals surface area contributed by atoms with Crippen LogP contribution in [0.3, 0.4) is 0 Å². The zero-order valence-electron chi connectivity index (χ0n) is 5.99. The lowest BCUT2D eigenvalue weighted by Crippen LogP contribution is -2.39. The van der Waals surface area contributed by atoms with Crippen LogP contribution < -0.4 is 0 Å². The summed E-state index contributed by atoms with van der Waals surface area (Å²) in [5.74, 6) is 0. The molecule has 3 aliphatic heterocycles. The minimum Gasteiger partial charge on any atom is -0.125 e. The first-order valence-corrected chi connectivity index (χ1v) is 7.04. The molecule has 0 saturated carbocycles. The van der Waals surface area contributed by atoms with Crippen molar-refractivity contribution >= 4 is 33.0 Å². The van der Waals surface area contributed by atoms with Crippen LogP contribution in [0.1, 0.15) is 0 Å². The van der Waals surface area contributed by atoms with Gasteiger partial charge in [0.15, 0.2) is 0 Å². The largest absolute Gasteiger partial charge is 0.125 e. The molecule has 3 aliphatic rings. The third-order valence-electron chi connectivity index (χ3n) is 2.64. The van der Waals surface area contributed by atoms with Crippen LogP contribution in [-0.2, 0) is 0 Å². The van der Waals surface area contributed by atoms with E-state index in [1.54, 1.807) is 0 Å². The van der Waals surface area contributed by atoms with Crippen LogP contribution >= 0.6 is 23.5 Å². The SMILES string of the molecule is C1=CC23C=CSC2(C=CS3)[SiH2]1. The molecule has 0 amide bonds. The molecule has 0 spiro atoms.